The highest BCUT2D eigenvalue weighted by Gasteiger charge is 2.19. The van der Waals surface area contributed by atoms with Gasteiger partial charge >= 0.3 is 0 Å². The molecule has 1 amide bonds. The second kappa shape index (κ2) is 12.4. The van der Waals surface area contributed by atoms with Gasteiger partial charge in [-0.2, -0.15) is 0 Å². The summed E-state index contributed by atoms with van der Waals surface area (Å²) in [6.45, 7) is 5.11. The number of nitrogens with zero attached hydrogens (tertiary/aromatic N) is 1. The molecule has 0 aliphatic heterocycles. The molecule has 0 saturated heterocycles. The van der Waals surface area contributed by atoms with Crippen molar-refractivity contribution < 1.29 is 9.90 Å². The Morgan fingerprint density at radius 1 is 1.30 bits per heavy atom. The van der Waals surface area contributed by atoms with Crippen molar-refractivity contribution in [1.29, 1.82) is 0 Å². The van der Waals surface area contributed by atoms with Gasteiger partial charge in [-0.1, -0.05) is 17.7 Å². The monoisotopic (exact) mass is 508 g/mol. The highest BCUT2D eigenvalue weighted by atomic mass is 127. The number of guanidine groups is 1. The fourth-order valence-corrected chi connectivity index (χ4v) is 3.22. The van der Waals surface area contributed by atoms with Crippen LogP contribution in [0.2, 0.25) is 5.02 Å². The van der Waals surface area contributed by atoms with Crippen molar-refractivity contribution in [3.05, 3.63) is 28.8 Å². The number of anilines is 1. The molecule has 6 nitrogen and oxygen atoms in total. The molecule has 1 aliphatic carbocycles. The van der Waals surface area contributed by atoms with Crippen LogP contribution in [0.25, 0.3) is 0 Å². The topological polar surface area (TPSA) is 85.8 Å². The Morgan fingerprint density at radius 2 is 2.00 bits per heavy atom. The lowest BCUT2D eigenvalue weighted by Crippen LogP contribution is -2.45. The summed E-state index contributed by atoms with van der Waals surface area (Å²) >= 11 is 6.14. The summed E-state index contributed by atoms with van der Waals surface area (Å²) in [7, 11) is 0. The Bertz CT molecular complexity index is 634. The Morgan fingerprint density at radius 3 is 2.63 bits per heavy atom. The van der Waals surface area contributed by atoms with Crippen LogP contribution in [0.15, 0.2) is 23.2 Å². The minimum Gasteiger partial charge on any atom is -0.393 e. The second-order valence-electron chi connectivity index (χ2n) is 6.69. The molecule has 4 N–H and O–H groups in total. The van der Waals surface area contributed by atoms with Crippen LogP contribution in [-0.4, -0.2) is 42.2 Å². The minimum absolute atomic E-state index is 0. The molecule has 8 heteroatoms. The number of hydrogen-bond acceptors (Lipinski definition) is 3. The number of aliphatic hydroxyl groups is 1. The number of aliphatic hydroxyl groups excluding tert-OH is 1. The Balaban J connectivity index is 0.00000364. The molecule has 0 bridgehead atoms. The molecular weight excluding hydrogens is 479 g/mol. The maximum absolute atomic E-state index is 12.1. The zero-order valence-electron chi connectivity index (χ0n) is 15.9. The first-order valence-corrected chi connectivity index (χ1v) is 9.64. The summed E-state index contributed by atoms with van der Waals surface area (Å²) < 4.78 is 0. The van der Waals surface area contributed by atoms with Gasteiger partial charge in [0.05, 0.1) is 23.4 Å². The van der Waals surface area contributed by atoms with Crippen LogP contribution < -0.4 is 16.0 Å². The summed E-state index contributed by atoms with van der Waals surface area (Å²) in [5.41, 5.74) is 1.67. The smallest absolute Gasteiger partial charge is 0.226 e. The van der Waals surface area contributed by atoms with Crippen LogP contribution in [0, 0.1) is 6.92 Å². The number of aryl methyl sites for hydroxylation is 1. The third-order valence-electron chi connectivity index (χ3n) is 4.39. The van der Waals surface area contributed by atoms with Crippen LogP contribution in [-0.2, 0) is 4.79 Å². The molecule has 27 heavy (non-hydrogen) atoms. The highest BCUT2D eigenvalue weighted by Crippen LogP contribution is 2.22. The van der Waals surface area contributed by atoms with Gasteiger partial charge in [0.1, 0.15) is 0 Å². The number of benzene rings is 1. The number of aliphatic imine (C=N–C) groups is 1. The first-order chi connectivity index (χ1) is 12.5. The van der Waals surface area contributed by atoms with Crippen LogP contribution in [0.5, 0.6) is 0 Å². The van der Waals surface area contributed by atoms with Gasteiger partial charge in [0.2, 0.25) is 5.91 Å². The van der Waals surface area contributed by atoms with Crippen molar-refractivity contribution in [3.8, 4) is 0 Å². The second-order valence-corrected chi connectivity index (χ2v) is 7.10. The normalized spacial score (nSPS) is 19.8. The standard InChI is InChI=1S/C19H29ClN4O2.HI/c1-3-21-19(23-14-5-7-15(25)8-6-14)22-11-10-18(26)24-17-9-4-13(2)12-16(17)20;/h4,9,12,14-15,25H,3,5-8,10-11H2,1-2H3,(H,24,26)(H2,21,22,23);1H. The molecular formula is C19H30ClIN4O2. The van der Waals surface area contributed by atoms with E-state index in [2.05, 4.69) is 20.9 Å². The van der Waals surface area contributed by atoms with Gasteiger partial charge in [-0.25, -0.2) is 0 Å². The van der Waals surface area contributed by atoms with Gasteiger partial charge < -0.3 is 21.1 Å². The van der Waals surface area contributed by atoms with Crippen molar-refractivity contribution in [3.63, 3.8) is 0 Å². The summed E-state index contributed by atoms with van der Waals surface area (Å²) in [5, 5.41) is 19.5. The Labute approximate surface area is 183 Å². The van der Waals surface area contributed by atoms with Gasteiger partial charge in [0.15, 0.2) is 5.96 Å². The first kappa shape index (κ1) is 24.0. The predicted octanol–water partition coefficient (Wildman–Crippen LogP) is 3.45. The molecule has 0 unspecified atom stereocenters. The molecule has 1 saturated carbocycles. The van der Waals surface area contributed by atoms with E-state index in [4.69, 9.17) is 11.6 Å². The van der Waals surface area contributed by atoms with Crippen LogP contribution in [0.3, 0.4) is 0 Å². The zero-order valence-corrected chi connectivity index (χ0v) is 19.0. The van der Waals surface area contributed by atoms with E-state index in [-0.39, 0.29) is 42.4 Å². The number of nitrogens with one attached hydrogen (secondary N) is 3. The lowest BCUT2D eigenvalue weighted by atomic mass is 9.93. The maximum atomic E-state index is 12.1. The zero-order chi connectivity index (χ0) is 18.9. The van der Waals surface area contributed by atoms with E-state index in [1.807, 2.05) is 32.0 Å². The van der Waals surface area contributed by atoms with Gasteiger partial charge in [-0.15, -0.1) is 24.0 Å². The van der Waals surface area contributed by atoms with E-state index < -0.39 is 0 Å². The molecule has 0 atom stereocenters. The molecule has 0 heterocycles. The van der Waals surface area contributed by atoms with Gasteiger partial charge in [-0.05, 0) is 57.2 Å². The molecule has 152 valence electrons. The van der Waals surface area contributed by atoms with Crippen molar-refractivity contribution in [1.82, 2.24) is 10.6 Å². The molecule has 1 aromatic rings. The van der Waals surface area contributed by atoms with E-state index in [1.54, 1.807) is 0 Å². The first-order valence-electron chi connectivity index (χ1n) is 9.27. The summed E-state index contributed by atoms with van der Waals surface area (Å²) in [6.07, 6.45) is 3.60. The van der Waals surface area contributed by atoms with Crippen LogP contribution in [0.4, 0.5) is 5.69 Å². The average molecular weight is 509 g/mol. The maximum Gasteiger partial charge on any atom is 0.226 e. The molecule has 0 radical (unpaired) electrons. The van der Waals surface area contributed by atoms with Crippen molar-refractivity contribution in [2.24, 2.45) is 4.99 Å². The van der Waals surface area contributed by atoms with E-state index in [0.717, 1.165) is 43.8 Å². The number of hydrogen-bond donors (Lipinski definition) is 4. The molecule has 2 rings (SSSR count). The van der Waals surface area contributed by atoms with E-state index in [0.29, 0.717) is 23.3 Å². The molecule has 0 spiro atoms. The van der Waals surface area contributed by atoms with E-state index in [1.165, 1.54) is 0 Å². The van der Waals surface area contributed by atoms with Gasteiger partial charge in [0.25, 0.3) is 0 Å². The van der Waals surface area contributed by atoms with Crippen LogP contribution >= 0.6 is 35.6 Å². The SMILES string of the molecule is CCNC(=NCCC(=O)Nc1ccc(C)cc1Cl)NC1CCC(O)CC1.I. The summed E-state index contributed by atoms with van der Waals surface area (Å²) in [5.74, 6) is 0.603. The molecule has 0 aromatic heterocycles. The highest BCUT2D eigenvalue weighted by molar-refractivity contribution is 14.0. The minimum atomic E-state index is -0.176. The molecule has 1 aromatic carbocycles. The Kier molecular flexibility index (Phi) is 11.0. The van der Waals surface area contributed by atoms with Gasteiger partial charge in [-0.3, -0.25) is 9.79 Å². The number of carbonyl (C=O) groups excluding carboxylic acids is 1. The fourth-order valence-electron chi connectivity index (χ4n) is 2.94. The Hall–Kier alpha value is -1.06. The third-order valence-corrected chi connectivity index (χ3v) is 4.70. The van der Waals surface area contributed by atoms with Crippen molar-refractivity contribution in [2.75, 3.05) is 18.4 Å². The lowest BCUT2D eigenvalue weighted by molar-refractivity contribution is -0.116. The largest absolute Gasteiger partial charge is 0.393 e. The molecule has 1 fully saturated rings. The molecule has 1 aliphatic rings. The van der Waals surface area contributed by atoms with Crippen LogP contribution in [0.1, 0.15) is 44.6 Å². The quantitative estimate of drug-likeness (QED) is 0.269. The lowest BCUT2D eigenvalue weighted by Gasteiger charge is -2.27. The van der Waals surface area contributed by atoms with E-state index >= 15 is 0 Å². The third kappa shape index (κ3) is 8.66. The summed E-state index contributed by atoms with van der Waals surface area (Å²) in [6, 6.07) is 5.86. The van der Waals surface area contributed by atoms with Crippen molar-refractivity contribution >= 4 is 53.1 Å². The number of halogens is 2. The van der Waals surface area contributed by atoms with E-state index in [9.17, 15) is 9.90 Å². The summed E-state index contributed by atoms with van der Waals surface area (Å²) in [4.78, 5) is 16.6. The number of carbonyl (C=O) groups is 1. The number of rotatable bonds is 6. The average Bonchev–Trinajstić information content (AvgIpc) is 2.59. The number of amides is 1. The predicted molar refractivity (Wildman–Crippen MR) is 122 cm³/mol. The van der Waals surface area contributed by atoms with Gasteiger partial charge in [0, 0.05) is 19.0 Å². The van der Waals surface area contributed by atoms with Crippen molar-refractivity contribution in [2.45, 2.75) is 58.1 Å². The fraction of sp³-hybridized carbons (Fsp3) is 0.579.